The number of esters is 1. The van der Waals surface area contributed by atoms with Crippen LogP contribution in [0.25, 0.3) is 5.57 Å². The summed E-state index contributed by atoms with van der Waals surface area (Å²) in [6.07, 6.45) is -5.05. The van der Waals surface area contributed by atoms with E-state index in [0.717, 1.165) is 20.1 Å². The summed E-state index contributed by atoms with van der Waals surface area (Å²) in [5.41, 5.74) is -2.44. The molecule has 0 saturated heterocycles. The first-order valence-corrected chi connectivity index (χ1v) is 7.01. The minimum Gasteiger partial charge on any atom is -0.481 e. The minimum absolute atomic E-state index is 0.230. The Morgan fingerprint density at radius 2 is 1.80 bits per heavy atom. The van der Waals surface area contributed by atoms with Gasteiger partial charge in [-0.1, -0.05) is 18.2 Å². The fraction of sp³-hybridized carbons (Fsp3) is 0.312. The maximum Gasteiger partial charge on any atom is 0.430 e. The predicted molar refractivity (Wildman–Crippen MR) is 79.1 cm³/mol. The molecule has 0 aromatic heterocycles. The molecule has 1 aromatic rings. The van der Waals surface area contributed by atoms with Gasteiger partial charge in [-0.15, -0.1) is 0 Å². The summed E-state index contributed by atoms with van der Waals surface area (Å²) in [5, 5.41) is 9.49. The van der Waals surface area contributed by atoms with Crippen molar-refractivity contribution in [3.63, 3.8) is 0 Å². The fourth-order valence-electron chi connectivity index (χ4n) is 2.78. The predicted octanol–water partition coefficient (Wildman–Crippen LogP) is 3.06. The molecule has 9 heteroatoms. The number of hydrogen-bond acceptors (Lipinski definition) is 4. The van der Waals surface area contributed by atoms with Crippen LogP contribution < -0.4 is 0 Å². The summed E-state index contributed by atoms with van der Waals surface area (Å²) in [6.45, 7) is 1.14. The smallest absolute Gasteiger partial charge is 0.430 e. The Labute approximate surface area is 139 Å². The monoisotopic (exact) mass is 359 g/mol. The summed E-state index contributed by atoms with van der Waals surface area (Å²) in [6, 6.07) is 4.99. The summed E-state index contributed by atoms with van der Waals surface area (Å²) >= 11 is 0. The Bertz CT molecular complexity index is 783. The highest BCUT2D eigenvalue weighted by atomic mass is 19.4. The van der Waals surface area contributed by atoms with Crippen molar-refractivity contribution < 1.29 is 37.0 Å². The molecule has 0 bridgehead atoms. The Morgan fingerprint density at radius 1 is 1.20 bits per heavy atom. The lowest BCUT2D eigenvalue weighted by atomic mass is 9.76. The Balaban J connectivity index is 2.80. The van der Waals surface area contributed by atoms with Gasteiger partial charge < -0.3 is 9.84 Å². The maximum absolute atomic E-state index is 14.1. The molecule has 5 nitrogen and oxygen atoms in total. The quantitative estimate of drug-likeness (QED) is 0.665. The van der Waals surface area contributed by atoms with Gasteiger partial charge in [-0.3, -0.25) is 14.6 Å². The number of rotatable bonds is 3. The molecule has 0 aliphatic carbocycles. The molecule has 0 spiro atoms. The largest absolute Gasteiger partial charge is 0.481 e. The molecule has 2 atom stereocenters. The second-order valence-corrected chi connectivity index (χ2v) is 5.29. The Hall–Kier alpha value is -2.71. The van der Waals surface area contributed by atoms with Crippen LogP contribution >= 0.6 is 0 Å². The molecule has 25 heavy (non-hydrogen) atoms. The number of allylic oxidation sites excluding steroid dienone is 1. The average Bonchev–Trinajstić information content (AvgIpc) is 2.53. The van der Waals surface area contributed by atoms with Crippen LogP contribution in [0, 0.1) is 17.7 Å². The highest BCUT2D eigenvalue weighted by molar-refractivity contribution is 6.13. The third kappa shape index (κ3) is 3.40. The van der Waals surface area contributed by atoms with E-state index >= 15 is 0 Å². The van der Waals surface area contributed by atoms with Crippen LogP contribution in [0.1, 0.15) is 12.5 Å². The summed E-state index contributed by atoms with van der Waals surface area (Å²) in [7, 11) is 0.836. The Kier molecular flexibility index (Phi) is 4.96. The molecule has 1 aromatic carbocycles. The van der Waals surface area contributed by atoms with Gasteiger partial charge in [-0.25, -0.2) is 4.39 Å². The fourth-order valence-corrected chi connectivity index (χ4v) is 2.78. The van der Waals surface area contributed by atoms with E-state index in [0.29, 0.717) is 0 Å². The van der Waals surface area contributed by atoms with E-state index in [2.05, 4.69) is 9.73 Å². The molecule has 0 fully saturated rings. The van der Waals surface area contributed by atoms with Gasteiger partial charge in [-0.05, 0) is 18.6 Å². The number of hydrogen-bond donors (Lipinski definition) is 1. The molecule has 1 aliphatic heterocycles. The molecule has 134 valence electrons. The number of methoxy groups -OCH3 is 1. The lowest BCUT2D eigenvalue weighted by Gasteiger charge is -2.31. The summed E-state index contributed by atoms with van der Waals surface area (Å²) < 4.78 is 58.3. The van der Waals surface area contributed by atoms with E-state index < -0.39 is 41.5 Å². The van der Waals surface area contributed by atoms with Crippen molar-refractivity contribution in [2.75, 3.05) is 7.11 Å². The van der Waals surface area contributed by atoms with E-state index in [4.69, 9.17) is 0 Å². The van der Waals surface area contributed by atoms with Crippen LogP contribution in [0.5, 0.6) is 0 Å². The number of aliphatic imine (C=N–C) groups is 1. The van der Waals surface area contributed by atoms with Gasteiger partial charge in [0.1, 0.15) is 23.4 Å². The average molecular weight is 359 g/mol. The topological polar surface area (TPSA) is 76.0 Å². The van der Waals surface area contributed by atoms with Gasteiger partial charge in [0.15, 0.2) is 0 Å². The third-order valence-electron chi connectivity index (χ3n) is 3.79. The SMILES string of the molecule is COC(=O)C1C(C(F)(F)F)=NC(C)=C(c2ccccc2F)C1C(=O)O. The normalized spacial score (nSPS) is 21.0. The highest BCUT2D eigenvalue weighted by Crippen LogP contribution is 2.42. The zero-order chi connectivity index (χ0) is 18.9. The molecule has 0 saturated carbocycles. The second kappa shape index (κ2) is 6.66. The van der Waals surface area contributed by atoms with Gasteiger partial charge in [-0.2, -0.15) is 13.2 Å². The highest BCUT2D eigenvalue weighted by Gasteiger charge is 2.53. The molecular formula is C16H13F4NO4. The van der Waals surface area contributed by atoms with Crippen LogP contribution in [0.3, 0.4) is 0 Å². The van der Waals surface area contributed by atoms with Gasteiger partial charge in [0.2, 0.25) is 0 Å². The number of nitrogens with zero attached hydrogens (tertiary/aromatic N) is 1. The van der Waals surface area contributed by atoms with Gasteiger partial charge >= 0.3 is 18.1 Å². The number of carbonyl (C=O) groups is 2. The standard InChI is InChI=1S/C16H13F4NO4/c1-7-10(8-5-3-4-6-9(8)17)11(14(22)23)12(15(24)25-2)13(21-7)16(18,19)20/h3-6,11-12H,1-2H3,(H,22,23). The minimum atomic E-state index is -5.05. The van der Waals surface area contributed by atoms with E-state index in [9.17, 15) is 32.3 Å². The van der Waals surface area contributed by atoms with Gasteiger partial charge in [0.05, 0.1) is 7.11 Å². The molecule has 2 rings (SSSR count). The number of carbonyl (C=O) groups excluding carboxylic acids is 1. The van der Waals surface area contributed by atoms with Crippen LogP contribution in [0.4, 0.5) is 17.6 Å². The van der Waals surface area contributed by atoms with Crippen LogP contribution in [0.15, 0.2) is 35.0 Å². The van der Waals surface area contributed by atoms with Crippen molar-refractivity contribution >= 4 is 23.2 Å². The van der Waals surface area contributed by atoms with Crippen LogP contribution in [0.2, 0.25) is 0 Å². The maximum atomic E-state index is 14.1. The van der Waals surface area contributed by atoms with Crippen LogP contribution in [-0.2, 0) is 14.3 Å². The lowest BCUT2D eigenvalue weighted by molar-refractivity contribution is -0.152. The van der Waals surface area contributed by atoms with E-state index in [-0.39, 0.29) is 16.8 Å². The lowest BCUT2D eigenvalue weighted by Crippen LogP contribution is -2.45. The number of halogens is 4. The summed E-state index contributed by atoms with van der Waals surface area (Å²) in [5.74, 6) is -8.19. The van der Waals surface area contributed by atoms with Crippen molar-refractivity contribution in [1.82, 2.24) is 0 Å². The molecule has 1 aliphatic rings. The number of carboxylic acids is 1. The van der Waals surface area contributed by atoms with E-state index in [1.807, 2.05) is 0 Å². The number of benzene rings is 1. The zero-order valence-electron chi connectivity index (χ0n) is 13.1. The summed E-state index contributed by atoms with van der Waals surface area (Å²) in [4.78, 5) is 27.0. The second-order valence-electron chi connectivity index (χ2n) is 5.29. The van der Waals surface area contributed by atoms with Crippen LogP contribution in [-0.4, -0.2) is 36.0 Å². The third-order valence-corrected chi connectivity index (χ3v) is 3.79. The van der Waals surface area contributed by atoms with E-state index in [1.54, 1.807) is 0 Å². The molecule has 0 radical (unpaired) electrons. The van der Waals surface area contributed by atoms with Crippen molar-refractivity contribution in [1.29, 1.82) is 0 Å². The van der Waals surface area contributed by atoms with Crippen molar-refractivity contribution in [2.24, 2.45) is 16.8 Å². The molecule has 1 heterocycles. The zero-order valence-corrected chi connectivity index (χ0v) is 13.1. The number of carboxylic acid groups (broad SMARTS) is 1. The van der Waals surface area contributed by atoms with Gasteiger partial charge in [0.25, 0.3) is 0 Å². The molecule has 1 N–H and O–H groups in total. The first-order chi connectivity index (χ1) is 11.6. The van der Waals surface area contributed by atoms with Crippen molar-refractivity contribution in [3.05, 3.63) is 41.3 Å². The first-order valence-electron chi connectivity index (χ1n) is 7.01. The molecule has 0 amide bonds. The molecule has 2 unspecified atom stereocenters. The number of alkyl halides is 3. The van der Waals surface area contributed by atoms with Crippen molar-refractivity contribution in [3.8, 4) is 0 Å². The number of ether oxygens (including phenoxy) is 1. The first kappa shape index (κ1) is 18.6. The number of aliphatic carboxylic acids is 1. The van der Waals surface area contributed by atoms with Gasteiger partial charge in [0, 0.05) is 11.3 Å². The molecular weight excluding hydrogens is 346 g/mol. The Morgan fingerprint density at radius 3 is 2.28 bits per heavy atom. The van der Waals surface area contributed by atoms with E-state index in [1.165, 1.54) is 18.2 Å². The van der Waals surface area contributed by atoms with Crippen molar-refractivity contribution in [2.45, 2.75) is 13.1 Å².